The minimum atomic E-state index is -0.682. The van der Waals surface area contributed by atoms with Gasteiger partial charge in [0.25, 0.3) is 0 Å². The van der Waals surface area contributed by atoms with Gasteiger partial charge >= 0.3 is 0 Å². The number of ether oxygens (including phenoxy) is 1. The fourth-order valence-corrected chi connectivity index (χ4v) is 2.05. The molecule has 2 rings (SSSR count). The van der Waals surface area contributed by atoms with Crippen LogP contribution in [-0.4, -0.2) is 31.1 Å². The van der Waals surface area contributed by atoms with Gasteiger partial charge in [0.15, 0.2) is 0 Å². The summed E-state index contributed by atoms with van der Waals surface area (Å²) >= 11 is 0. The molecule has 0 bridgehead atoms. The van der Waals surface area contributed by atoms with Gasteiger partial charge < -0.3 is 15.4 Å². The first kappa shape index (κ1) is 14.5. The molecule has 0 saturated carbocycles. The van der Waals surface area contributed by atoms with Crippen molar-refractivity contribution in [3.05, 3.63) is 29.8 Å². The van der Waals surface area contributed by atoms with E-state index < -0.39 is 6.10 Å². The summed E-state index contributed by atoms with van der Waals surface area (Å²) in [6.45, 7) is 5.19. The Bertz CT molecular complexity index is 482. The average molecular weight is 276 g/mol. The number of carbonyl (C=O) groups excluding carboxylic acids is 2. The molecule has 1 atom stereocenters. The highest BCUT2D eigenvalue weighted by molar-refractivity contribution is 5.95. The molecular weight excluding hydrogens is 256 g/mol. The summed E-state index contributed by atoms with van der Waals surface area (Å²) in [5.41, 5.74) is 1.95. The number of amides is 2. The van der Waals surface area contributed by atoms with Gasteiger partial charge in [-0.2, -0.15) is 0 Å². The zero-order chi connectivity index (χ0) is 14.5. The minimum absolute atomic E-state index is 0.0394. The maximum atomic E-state index is 11.9. The molecule has 1 saturated heterocycles. The number of hydrogen-bond acceptors (Lipinski definition) is 3. The van der Waals surface area contributed by atoms with Crippen LogP contribution in [0.3, 0.4) is 0 Å². The first-order valence-electron chi connectivity index (χ1n) is 6.85. The third-order valence-electron chi connectivity index (χ3n) is 3.24. The van der Waals surface area contributed by atoms with Gasteiger partial charge in [0, 0.05) is 12.2 Å². The van der Waals surface area contributed by atoms with E-state index in [1.807, 2.05) is 24.3 Å². The van der Waals surface area contributed by atoms with Gasteiger partial charge in [0.05, 0.1) is 13.0 Å². The van der Waals surface area contributed by atoms with Crippen molar-refractivity contribution < 1.29 is 14.3 Å². The number of carbonyl (C=O) groups is 2. The van der Waals surface area contributed by atoms with Crippen LogP contribution in [0.2, 0.25) is 0 Å². The Morgan fingerprint density at radius 3 is 2.70 bits per heavy atom. The Labute approximate surface area is 118 Å². The predicted octanol–water partition coefficient (Wildman–Crippen LogP) is 1.65. The summed E-state index contributed by atoms with van der Waals surface area (Å²) in [4.78, 5) is 23.4. The Balaban J connectivity index is 1.89. The van der Waals surface area contributed by atoms with Crippen molar-refractivity contribution in [2.24, 2.45) is 0 Å². The zero-order valence-corrected chi connectivity index (χ0v) is 11.8. The van der Waals surface area contributed by atoms with Crippen molar-refractivity contribution in [3.8, 4) is 0 Å². The van der Waals surface area contributed by atoms with Crippen molar-refractivity contribution in [3.63, 3.8) is 0 Å². The normalized spacial score (nSPS) is 18.8. The molecule has 1 aliphatic heterocycles. The highest BCUT2D eigenvalue weighted by atomic mass is 16.5. The van der Waals surface area contributed by atoms with Gasteiger partial charge in [-0.15, -0.1) is 0 Å². The highest BCUT2D eigenvalue weighted by Gasteiger charge is 2.25. The van der Waals surface area contributed by atoms with Crippen molar-refractivity contribution >= 4 is 17.5 Å². The third kappa shape index (κ3) is 3.81. The molecule has 0 spiro atoms. The molecule has 5 nitrogen and oxygen atoms in total. The number of benzene rings is 1. The monoisotopic (exact) mass is 276 g/mol. The Morgan fingerprint density at radius 1 is 1.40 bits per heavy atom. The zero-order valence-electron chi connectivity index (χ0n) is 11.8. The second-order valence-electron chi connectivity index (χ2n) is 5.18. The molecule has 2 N–H and O–H groups in total. The maximum absolute atomic E-state index is 11.9. The largest absolute Gasteiger partial charge is 0.366 e. The quantitative estimate of drug-likeness (QED) is 0.878. The fourth-order valence-electron chi connectivity index (χ4n) is 2.05. The minimum Gasteiger partial charge on any atom is -0.366 e. The van der Waals surface area contributed by atoms with E-state index in [-0.39, 0.29) is 18.2 Å². The van der Waals surface area contributed by atoms with Crippen LogP contribution in [0.4, 0.5) is 5.69 Å². The molecule has 1 fully saturated rings. The van der Waals surface area contributed by atoms with Crippen molar-refractivity contribution in [1.82, 2.24) is 5.32 Å². The van der Waals surface area contributed by atoms with Crippen molar-refractivity contribution in [2.45, 2.75) is 32.3 Å². The van der Waals surface area contributed by atoms with Gasteiger partial charge in [-0.25, -0.2) is 0 Å². The van der Waals surface area contributed by atoms with Crippen LogP contribution in [0.15, 0.2) is 24.3 Å². The van der Waals surface area contributed by atoms with Crippen LogP contribution >= 0.6 is 0 Å². The van der Waals surface area contributed by atoms with E-state index in [1.165, 1.54) is 5.56 Å². The molecule has 20 heavy (non-hydrogen) atoms. The molecule has 108 valence electrons. The van der Waals surface area contributed by atoms with Crippen LogP contribution in [0, 0.1) is 0 Å². The third-order valence-corrected chi connectivity index (χ3v) is 3.24. The molecule has 0 aliphatic carbocycles. The molecule has 5 heteroatoms. The molecule has 1 aliphatic rings. The second kappa shape index (κ2) is 6.52. The highest BCUT2D eigenvalue weighted by Crippen LogP contribution is 2.17. The predicted molar refractivity (Wildman–Crippen MR) is 76.5 cm³/mol. The van der Waals surface area contributed by atoms with E-state index in [2.05, 4.69) is 24.5 Å². The average Bonchev–Trinajstić information content (AvgIpc) is 2.42. The lowest BCUT2D eigenvalue weighted by Crippen LogP contribution is -2.45. The first-order chi connectivity index (χ1) is 9.56. The smallest absolute Gasteiger partial charge is 0.249 e. The number of anilines is 1. The Kier molecular flexibility index (Phi) is 4.74. The lowest BCUT2D eigenvalue weighted by molar-refractivity contribution is -0.141. The van der Waals surface area contributed by atoms with Gasteiger partial charge in [-0.1, -0.05) is 26.0 Å². The van der Waals surface area contributed by atoms with Crippen LogP contribution < -0.4 is 10.6 Å². The maximum Gasteiger partial charge on any atom is 0.249 e. The van der Waals surface area contributed by atoms with E-state index in [4.69, 9.17) is 4.74 Å². The SMILES string of the molecule is CC(C)c1ccc(NC(=O)C[C@@H]2OCCNC2=O)cc1. The van der Waals surface area contributed by atoms with Gasteiger partial charge in [-0.3, -0.25) is 9.59 Å². The van der Waals surface area contributed by atoms with E-state index in [1.54, 1.807) is 0 Å². The number of nitrogens with one attached hydrogen (secondary N) is 2. The van der Waals surface area contributed by atoms with Gasteiger partial charge in [0.1, 0.15) is 6.10 Å². The van der Waals surface area contributed by atoms with E-state index >= 15 is 0 Å². The molecule has 0 unspecified atom stereocenters. The van der Waals surface area contributed by atoms with Gasteiger partial charge in [0.2, 0.25) is 11.8 Å². The van der Waals surface area contributed by atoms with Crippen LogP contribution in [0.1, 0.15) is 31.7 Å². The summed E-state index contributed by atoms with van der Waals surface area (Å²) in [7, 11) is 0. The van der Waals surface area contributed by atoms with Crippen LogP contribution in [-0.2, 0) is 14.3 Å². The Hall–Kier alpha value is -1.88. The number of hydrogen-bond donors (Lipinski definition) is 2. The topological polar surface area (TPSA) is 67.4 Å². The van der Waals surface area contributed by atoms with E-state index in [9.17, 15) is 9.59 Å². The summed E-state index contributed by atoms with van der Waals surface area (Å²) < 4.78 is 5.28. The lowest BCUT2D eigenvalue weighted by Gasteiger charge is -2.22. The summed E-state index contributed by atoms with van der Waals surface area (Å²) in [6, 6.07) is 7.72. The van der Waals surface area contributed by atoms with Crippen LogP contribution in [0.5, 0.6) is 0 Å². The molecular formula is C15H20N2O3. The molecule has 1 aromatic carbocycles. The lowest BCUT2D eigenvalue weighted by atomic mass is 10.0. The summed E-state index contributed by atoms with van der Waals surface area (Å²) in [6.07, 6.45) is -0.642. The van der Waals surface area contributed by atoms with Crippen molar-refractivity contribution in [1.29, 1.82) is 0 Å². The molecule has 2 amide bonds. The van der Waals surface area contributed by atoms with Gasteiger partial charge in [-0.05, 0) is 23.6 Å². The molecule has 0 radical (unpaired) electrons. The summed E-state index contributed by atoms with van der Waals surface area (Å²) in [5.74, 6) is 0.0185. The van der Waals surface area contributed by atoms with E-state index in [0.29, 0.717) is 19.1 Å². The molecule has 1 aromatic rings. The number of morpholine rings is 1. The van der Waals surface area contributed by atoms with Crippen LogP contribution in [0.25, 0.3) is 0 Å². The van der Waals surface area contributed by atoms with E-state index in [0.717, 1.165) is 5.69 Å². The molecule has 0 aromatic heterocycles. The van der Waals surface area contributed by atoms with Crippen molar-refractivity contribution in [2.75, 3.05) is 18.5 Å². The first-order valence-corrected chi connectivity index (χ1v) is 6.85. The number of rotatable bonds is 4. The summed E-state index contributed by atoms with van der Waals surface area (Å²) in [5, 5.41) is 5.45. The second-order valence-corrected chi connectivity index (χ2v) is 5.18. The fraction of sp³-hybridized carbons (Fsp3) is 0.467. The Morgan fingerprint density at radius 2 is 2.10 bits per heavy atom. The molecule has 1 heterocycles. The standard InChI is InChI=1S/C15H20N2O3/c1-10(2)11-3-5-12(6-4-11)17-14(18)9-13-15(19)16-7-8-20-13/h3-6,10,13H,7-9H2,1-2H3,(H,16,19)(H,17,18)/t13-/m0/s1.